The number of nitrogens with zero attached hydrogens (tertiary/aromatic N) is 3. The molecule has 1 saturated carbocycles. The Hall–Kier alpha value is -3.16. The molecule has 6 atom stereocenters. The number of fused-ring (bicyclic) bond motifs is 4. The maximum Gasteiger partial charge on any atom is 0.264 e. The Bertz CT molecular complexity index is 1870. The summed E-state index contributed by atoms with van der Waals surface area (Å²) < 4.78 is 48.1. The van der Waals surface area contributed by atoms with Crippen molar-refractivity contribution in [2.75, 3.05) is 78.1 Å². The van der Waals surface area contributed by atoms with Gasteiger partial charge in [0.15, 0.2) is 0 Å². The van der Waals surface area contributed by atoms with E-state index in [0.717, 1.165) is 49.4 Å². The van der Waals surface area contributed by atoms with Gasteiger partial charge >= 0.3 is 0 Å². The van der Waals surface area contributed by atoms with Gasteiger partial charge in [-0.15, -0.1) is 0 Å². The van der Waals surface area contributed by atoms with Crippen molar-refractivity contribution in [3.8, 4) is 5.75 Å². The van der Waals surface area contributed by atoms with Crippen LogP contribution in [0.2, 0.25) is 5.02 Å². The molecule has 3 aliphatic heterocycles. The number of carbonyl (C=O) groups is 2. The van der Waals surface area contributed by atoms with Gasteiger partial charge in [-0.2, -0.15) is 0 Å². The van der Waals surface area contributed by atoms with Crippen molar-refractivity contribution in [1.29, 1.82) is 0 Å². The number of ether oxygens (including phenoxy) is 3. The van der Waals surface area contributed by atoms with Gasteiger partial charge in [-0.3, -0.25) is 14.5 Å². The first-order valence-corrected chi connectivity index (χ1v) is 21.4. The Morgan fingerprint density at radius 1 is 1.07 bits per heavy atom. The zero-order valence-electron chi connectivity index (χ0n) is 32.0. The second kappa shape index (κ2) is 15.8. The van der Waals surface area contributed by atoms with E-state index in [1.54, 1.807) is 33.3 Å². The highest BCUT2D eigenvalue weighted by Crippen LogP contribution is 2.49. The predicted molar refractivity (Wildman–Crippen MR) is 210 cm³/mol. The highest BCUT2D eigenvalue weighted by Gasteiger charge is 2.50. The van der Waals surface area contributed by atoms with Crippen LogP contribution in [0.15, 0.2) is 48.6 Å². The average molecular weight is 783 g/mol. The SMILES string of the molecule is COCCN1CCN(C[C@@]2(OC)/C=C/C[C@H](C)[C@@H](C)S(=O)(=O)NC(=O)c3ccc4c(c3)N(C[C@@H]3CC[C@H]32)C[C@@]2(CCCc3cc(Cl)ccc32)CO4)CC1=O. The Kier molecular flexibility index (Phi) is 11.4. The first-order chi connectivity index (χ1) is 25.9. The fourth-order valence-electron chi connectivity index (χ4n) is 9.49. The van der Waals surface area contributed by atoms with Crippen LogP contribution in [0.5, 0.6) is 5.75 Å². The van der Waals surface area contributed by atoms with Crippen LogP contribution in [0.1, 0.15) is 67.4 Å². The van der Waals surface area contributed by atoms with E-state index in [4.69, 9.17) is 25.8 Å². The third-order valence-corrected chi connectivity index (χ3v) is 15.2. The number of anilines is 1. The molecule has 54 heavy (non-hydrogen) atoms. The van der Waals surface area contributed by atoms with Gasteiger partial charge in [-0.1, -0.05) is 36.7 Å². The molecule has 2 fully saturated rings. The molecule has 1 saturated heterocycles. The van der Waals surface area contributed by atoms with E-state index < -0.39 is 26.8 Å². The minimum atomic E-state index is -4.00. The molecule has 13 heteroatoms. The van der Waals surface area contributed by atoms with Crippen LogP contribution in [0.25, 0.3) is 0 Å². The fourth-order valence-corrected chi connectivity index (χ4v) is 11.0. The number of methoxy groups -OCH3 is 2. The third kappa shape index (κ3) is 7.65. The largest absolute Gasteiger partial charge is 0.490 e. The van der Waals surface area contributed by atoms with Gasteiger partial charge in [0.25, 0.3) is 5.91 Å². The summed E-state index contributed by atoms with van der Waals surface area (Å²) in [4.78, 5) is 33.4. The lowest BCUT2D eigenvalue weighted by Crippen LogP contribution is -2.60. The van der Waals surface area contributed by atoms with Crippen molar-refractivity contribution in [3.63, 3.8) is 0 Å². The van der Waals surface area contributed by atoms with Crippen LogP contribution in [0.3, 0.4) is 0 Å². The summed E-state index contributed by atoms with van der Waals surface area (Å²) in [7, 11) is -0.588. The summed E-state index contributed by atoms with van der Waals surface area (Å²) in [6.07, 6.45) is 9.54. The third-order valence-electron chi connectivity index (χ3n) is 13.0. The Morgan fingerprint density at radius 2 is 1.91 bits per heavy atom. The number of amides is 2. The topological polar surface area (TPSA) is 118 Å². The van der Waals surface area contributed by atoms with Crippen LogP contribution in [0.4, 0.5) is 5.69 Å². The zero-order valence-corrected chi connectivity index (χ0v) is 33.6. The molecule has 3 heterocycles. The molecule has 1 N–H and O–H groups in total. The number of piperazine rings is 1. The van der Waals surface area contributed by atoms with Crippen LogP contribution in [0, 0.1) is 17.8 Å². The standard InChI is InChI=1S/C41H55ClN4O7S/c1-28-7-5-16-41(52-4,26-44-17-18-45(19-20-51-3)38(47)24-44)35-12-9-32(35)23-46-25-40(15-6-8-30-21-33(42)11-13-34(30)40)27-53-37-14-10-31(22-36(37)46)39(48)43-54(49,50)29(28)2/h5,10-11,13-14,16,21-22,28-29,32,35H,6-9,12,15,17-20,23-27H2,1-4H3,(H,43,48)/b16-5+/t28-,29+,32-,35+,40-,41-/m0/s1. The van der Waals surface area contributed by atoms with E-state index in [2.05, 4.69) is 38.8 Å². The Morgan fingerprint density at radius 3 is 2.65 bits per heavy atom. The molecule has 2 aromatic rings. The molecule has 294 valence electrons. The Labute approximate surface area is 325 Å². The highest BCUT2D eigenvalue weighted by atomic mass is 35.5. The van der Waals surface area contributed by atoms with Crippen molar-refractivity contribution < 1.29 is 32.2 Å². The maximum absolute atomic E-state index is 13.6. The number of nitrogens with one attached hydrogen (secondary N) is 1. The van der Waals surface area contributed by atoms with Gasteiger partial charge in [0.05, 0.1) is 30.7 Å². The molecule has 0 radical (unpaired) electrons. The lowest BCUT2D eigenvalue weighted by Gasteiger charge is -2.52. The van der Waals surface area contributed by atoms with Gasteiger partial charge < -0.3 is 24.0 Å². The van der Waals surface area contributed by atoms with Crippen LogP contribution in [-0.2, 0) is 36.1 Å². The Balaban J connectivity index is 1.28. The van der Waals surface area contributed by atoms with Gasteiger partial charge in [0, 0.05) is 69.5 Å². The van der Waals surface area contributed by atoms with E-state index in [-0.39, 0.29) is 34.6 Å². The highest BCUT2D eigenvalue weighted by molar-refractivity contribution is 7.90. The molecule has 1 spiro atoms. The van der Waals surface area contributed by atoms with Crippen LogP contribution >= 0.6 is 11.6 Å². The van der Waals surface area contributed by atoms with Crippen molar-refractivity contribution in [2.24, 2.45) is 17.8 Å². The smallest absolute Gasteiger partial charge is 0.264 e. The number of halogens is 1. The van der Waals surface area contributed by atoms with Crippen LogP contribution in [-0.4, -0.2) is 114 Å². The summed E-state index contributed by atoms with van der Waals surface area (Å²) in [6.45, 7) is 8.67. The average Bonchev–Trinajstić information content (AvgIpc) is 3.28. The van der Waals surface area contributed by atoms with E-state index in [9.17, 15) is 18.0 Å². The van der Waals surface area contributed by atoms with Gasteiger partial charge in [0.1, 0.15) is 11.4 Å². The van der Waals surface area contributed by atoms with Crippen molar-refractivity contribution in [2.45, 2.75) is 68.6 Å². The molecular weight excluding hydrogens is 728 g/mol. The van der Waals surface area contributed by atoms with Gasteiger partial charge in [0.2, 0.25) is 15.9 Å². The molecule has 0 unspecified atom stereocenters. The zero-order chi connectivity index (χ0) is 38.3. The summed E-state index contributed by atoms with van der Waals surface area (Å²) in [6, 6.07) is 11.5. The normalized spacial score (nSPS) is 32.1. The van der Waals surface area contributed by atoms with Gasteiger partial charge in [-0.05, 0) is 105 Å². The fraction of sp³-hybridized carbons (Fsp3) is 0.610. The van der Waals surface area contributed by atoms with Gasteiger partial charge in [-0.25, -0.2) is 13.1 Å². The number of carbonyl (C=O) groups excluding carboxylic acids is 2. The van der Waals surface area contributed by atoms with Crippen molar-refractivity contribution in [1.82, 2.24) is 14.5 Å². The number of rotatable bonds is 6. The second-order valence-corrected chi connectivity index (χ2v) is 18.7. The van der Waals surface area contributed by atoms with E-state index in [1.807, 2.05) is 24.0 Å². The quantitative estimate of drug-likeness (QED) is 0.402. The lowest BCUT2D eigenvalue weighted by atomic mass is 9.63. The molecule has 2 bridgehead atoms. The van der Waals surface area contributed by atoms with E-state index in [1.165, 1.54) is 11.1 Å². The predicted octanol–water partition coefficient (Wildman–Crippen LogP) is 5.06. The maximum atomic E-state index is 13.6. The molecule has 7 rings (SSSR count). The number of sulfonamides is 1. The minimum Gasteiger partial charge on any atom is -0.490 e. The van der Waals surface area contributed by atoms with E-state index in [0.29, 0.717) is 64.7 Å². The number of hydrogen-bond acceptors (Lipinski definition) is 9. The lowest BCUT2D eigenvalue weighted by molar-refractivity contribution is -0.140. The second-order valence-electron chi connectivity index (χ2n) is 16.3. The minimum absolute atomic E-state index is 0.0814. The first kappa shape index (κ1) is 39.1. The monoisotopic (exact) mass is 782 g/mol. The number of hydrogen-bond donors (Lipinski definition) is 1. The van der Waals surface area contributed by atoms with Crippen LogP contribution < -0.4 is 14.4 Å². The number of aryl methyl sites for hydroxylation is 1. The first-order valence-electron chi connectivity index (χ1n) is 19.5. The van der Waals surface area contributed by atoms with Crippen molar-refractivity contribution >= 4 is 39.1 Å². The van der Waals surface area contributed by atoms with Crippen molar-refractivity contribution in [3.05, 3.63) is 70.3 Å². The summed E-state index contributed by atoms with van der Waals surface area (Å²) in [5.74, 6) is 0.210. The summed E-state index contributed by atoms with van der Waals surface area (Å²) >= 11 is 6.49. The molecule has 2 amide bonds. The molecule has 2 aromatic carbocycles. The molecule has 11 nitrogen and oxygen atoms in total. The molecule has 5 aliphatic rings. The number of allylic oxidation sites excluding steroid dienone is 1. The molecular formula is C41H55ClN4O7S. The number of benzene rings is 2. The molecule has 0 aromatic heterocycles. The summed E-state index contributed by atoms with van der Waals surface area (Å²) in [5.41, 5.74) is 2.54. The molecule has 2 aliphatic carbocycles. The van der Waals surface area contributed by atoms with E-state index >= 15 is 0 Å². The summed E-state index contributed by atoms with van der Waals surface area (Å²) in [5, 5.41) is -0.104.